The minimum absolute atomic E-state index is 0.350. The van der Waals surface area contributed by atoms with E-state index in [9.17, 15) is 49.8 Å². The van der Waals surface area contributed by atoms with Crippen molar-refractivity contribution in [3.63, 3.8) is 0 Å². The van der Waals surface area contributed by atoms with E-state index >= 15 is 0 Å². The number of aliphatic hydroxyl groups is 6. The lowest BCUT2D eigenvalue weighted by atomic mass is 9.99. The number of hydrogen-bond acceptors (Lipinski definition) is 16. The molecule has 0 spiro atoms. The normalized spacial score (nSPS) is 41.3. The maximum Gasteiger partial charge on any atom is 0.306 e. The van der Waals surface area contributed by atoms with Gasteiger partial charge in [0.15, 0.2) is 24.1 Å². The van der Waals surface area contributed by atoms with Crippen molar-refractivity contribution in [2.75, 3.05) is 26.4 Å². The van der Waals surface area contributed by atoms with E-state index in [0.29, 0.717) is 0 Å². The van der Waals surface area contributed by atoms with E-state index in [2.05, 4.69) is 0 Å². The summed E-state index contributed by atoms with van der Waals surface area (Å²) in [6.45, 7) is -2.42. The molecule has 0 aromatic rings. The first kappa shape index (κ1) is 30.4. The highest BCUT2D eigenvalue weighted by Crippen LogP contribution is 2.24. The second-order valence-electron chi connectivity index (χ2n) is 9.09. The molecule has 3 rings (SSSR count). The Labute approximate surface area is 215 Å². The van der Waals surface area contributed by atoms with Gasteiger partial charge >= 0.3 is 11.9 Å². The number of esters is 2. The van der Waals surface area contributed by atoms with Crippen LogP contribution in [0.1, 0.15) is 25.7 Å². The second kappa shape index (κ2) is 13.8. The fourth-order valence-electron chi connectivity index (χ4n) is 3.86. The van der Waals surface area contributed by atoms with Crippen molar-refractivity contribution < 1.29 is 78.2 Å². The molecule has 3 aliphatic heterocycles. The molecule has 4 bridgehead atoms. The lowest BCUT2D eigenvalue weighted by Gasteiger charge is -2.40. The minimum Gasteiger partial charge on any atom is -0.463 e. The summed E-state index contributed by atoms with van der Waals surface area (Å²) in [5.74, 6) is -2.93. The molecule has 38 heavy (non-hydrogen) atoms. The third-order valence-electron chi connectivity index (χ3n) is 6.19. The average Bonchev–Trinajstić information content (AvgIpc) is 2.89. The van der Waals surface area contributed by atoms with Crippen LogP contribution in [0.15, 0.2) is 0 Å². The molecule has 3 aliphatic rings. The second-order valence-corrected chi connectivity index (χ2v) is 9.09. The summed E-state index contributed by atoms with van der Waals surface area (Å²) in [5.41, 5.74) is 0. The Morgan fingerprint density at radius 1 is 0.500 bits per heavy atom. The van der Waals surface area contributed by atoms with E-state index in [1.807, 2.05) is 0 Å². The number of rotatable bonds is 0. The van der Waals surface area contributed by atoms with E-state index in [-0.39, 0.29) is 12.8 Å². The number of ether oxygens (including phenoxy) is 6. The van der Waals surface area contributed by atoms with Gasteiger partial charge in [-0.15, -0.1) is 0 Å². The third-order valence-corrected chi connectivity index (χ3v) is 6.19. The Bertz CT molecular complexity index is 717. The number of ketones is 2. The van der Waals surface area contributed by atoms with E-state index < -0.39 is 124 Å². The highest BCUT2D eigenvalue weighted by atomic mass is 16.7. The zero-order valence-corrected chi connectivity index (χ0v) is 20.2. The zero-order chi connectivity index (χ0) is 28.0. The molecule has 0 aromatic carbocycles. The number of fused-ring (bicyclic) bond motifs is 4. The van der Waals surface area contributed by atoms with Crippen LogP contribution in [0.4, 0.5) is 0 Å². The van der Waals surface area contributed by atoms with E-state index in [4.69, 9.17) is 28.4 Å². The van der Waals surface area contributed by atoms with E-state index in [0.717, 1.165) is 0 Å². The quantitative estimate of drug-likeness (QED) is 0.155. The topological polar surface area (TPSA) is 245 Å². The summed E-state index contributed by atoms with van der Waals surface area (Å²) in [6, 6.07) is 0. The van der Waals surface area contributed by atoms with Gasteiger partial charge in [-0.2, -0.15) is 0 Å². The molecule has 16 heteroatoms. The lowest BCUT2D eigenvalue weighted by molar-refractivity contribution is -0.300. The van der Waals surface area contributed by atoms with Crippen molar-refractivity contribution >= 4 is 23.5 Å². The van der Waals surface area contributed by atoms with Crippen LogP contribution in [0.2, 0.25) is 0 Å². The van der Waals surface area contributed by atoms with Gasteiger partial charge in [-0.3, -0.25) is 19.2 Å². The molecule has 3 fully saturated rings. The largest absolute Gasteiger partial charge is 0.463 e. The van der Waals surface area contributed by atoms with E-state index in [1.165, 1.54) is 0 Å². The molecule has 3 heterocycles. The molecule has 216 valence electrons. The van der Waals surface area contributed by atoms with Crippen molar-refractivity contribution in [3.8, 4) is 0 Å². The first-order valence-electron chi connectivity index (χ1n) is 11.9. The summed E-state index contributed by atoms with van der Waals surface area (Å²) in [4.78, 5) is 48.4. The number of hydrogen-bond donors (Lipinski definition) is 6. The van der Waals surface area contributed by atoms with Gasteiger partial charge in [-0.05, 0) is 0 Å². The first-order chi connectivity index (χ1) is 18.0. The lowest BCUT2D eigenvalue weighted by Crippen LogP contribution is -2.59. The Morgan fingerprint density at radius 3 is 1.24 bits per heavy atom. The predicted molar refractivity (Wildman–Crippen MR) is 116 cm³/mol. The fourth-order valence-corrected chi connectivity index (χ4v) is 3.86. The number of cyclic esters (lactones) is 2. The fraction of sp³-hybridized carbons (Fsp3) is 0.818. The number of carbonyl (C=O) groups excluding carboxylic acids is 4. The summed E-state index contributed by atoms with van der Waals surface area (Å²) in [7, 11) is 0. The Morgan fingerprint density at radius 2 is 0.868 bits per heavy atom. The molecular formula is C22H32O16. The Balaban J connectivity index is 1.67. The van der Waals surface area contributed by atoms with Gasteiger partial charge in [0.2, 0.25) is 0 Å². The van der Waals surface area contributed by atoms with E-state index in [1.54, 1.807) is 0 Å². The van der Waals surface area contributed by atoms with Crippen LogP contribution in [0.5, 0.6) is 0 Å². The van der Waals surface area contributed by atoms with Crippen LogP contribution in [0.3, 0.4) is 0 Å². The van der Waals surface area contributed by atoms with Gasteiger partial charge in [-0.1, -0.05) is 0 Å². The van der Waals surface area contributed by atoms with Gasteiger partial charge in [-0.25, -0.2) is 0 Å². The predicted octanol–water partition coefficient (Wildman–Crippen LogP) is -4.57. The number of Topliss-reactive ketones (excluding diaryl/α,β-unsaturated/α-hetero) is 2. The summed E-state index contributed by atoms with van der Waals surface area (Å²) in [5, 5.41) is 60.6. The zero-order valence-electron chi connectivity index (χ0n) is 20.2. The molecule has 16 nitrogen and oxygen atoms in total. The third kappa shape index (κ3) is 7.95. The molecule has 0 aliphatic carbocycles. The minimum atomic E-state index is -1.75. The van der Waals surface area contributed by atoms with Crippen molar-refractivity contribution in [1.82, 2.24) is 0 Å². The van der Waals surface area contributed by atoms with Gasteiger partial charge < -0.3 is 59.1 Å². The molecule has 0 unspecified atom stereocenters. The molecule has 0 saturated carbocycles. The molecule has 0 amide bonds. The van der Waals surface area contributed by atoms with Crippen LogP contribution in [0.25, 0.3) is 0 Å². The molecule has 0 aromatic heterocycles. The highest BCUT2D eigenvalue weighted by Gasteiger charge is 2.46. The standard InChI is InChI=1S/C22H32O16/c23-9-1-3-13(25)33-7-11-15(27)18(30)20(32)22(38-11)36-6-10(24)2-4-14(26)34-8-12-16(28)17(29)19(31)21(37-12)35-5-9/h11-12,15-22,27-32H,1-8H2/t11-,12+,15-,16-,17+,18-,19+,20-,21-,22-/m1/s1. The van der Waals surface area contributed by atoms with Crippen LogP contribution in [-0.2, 0) is 47.6 Å². The van der Waals surface area contributed by atoms with Gasteiger partial charge in [0.05, 0.1) is 12.8 Å². The summed E-state index contributed by atoms with van der Waals surface area (Å²) >= 11 is 0. The van der Waals surface area contributed by atoms with Crippen molar-refractivity contribution in [1.29, 1.82) is 0 Å². The summed E-state index contributed by atoms with van der Waals surface area (Å²) < 4.78 is 31.0. The summed E-state index contributed by atoms with van der Waals surface area (Å²) in [6.07, 6.45) is -17.6. The maximum atomic E-state index is 12.1. The molecule has 6 N–H and O–H groups in total. The molecule has 3 saturated heterocycles. The average molecular weight is 552 g/mol. The number of aliphatic hydroxyl groups excluding tert-OH is 6. The molecule has 0 radical (unpaired) electrons. The Kier molecular flexibility index (Phi) is 11.0. The molecular weight excluding hydrogens is 520 g/mol. The van der Waals surface area contributed by atoms with Gasteiger partial charge in [0.25, 0.3) is 0 Å². The van der Waals surface area contributed by atoms with Gasteiger partial charge in [0.1, 0.15) is 75.3 Å². The smallest absolute Gasteiger partial charge is 0.306 e. The Hall–Kier alpha value is -2.12. The van der Waals surface area contributed by atoms with Crippen molar-refractivity contribution in [2.45, 2.75) is 87.1 Å². The van der Waals surface area contributed by atoms with Crippen LogP contribution in [0, 0.1) is 0 Å². The van der Waals surface area contributed by atoms with Crippen LogP contribution in [-0.4, -0.2) is 142 Å². The van der Waals surface area contributed by atoms with Crippen LogP contribution < -0.4 is 0 Å². The SMILES string of the molecule is O=C1CCC(=O)OC[C@H]2O[C@@H](OCC(=O)CCC(=O)OC[C@@H]3O[C@@H](OC1)[C@@H](O)[C@@H](O)[C@@H]3O)[C@H](O)[C@H](O)[C@@H]2O. The number of carbonyl (C=O) groups is 4. The first-order valence-corrected chi connectivity index (χ1v) is 11.9. The molecule has 10 atom stereocenters. The van der Waals surface area contributed by atoms with Crippen molar-refractivity contribution in [2.24, 2.45) is 0 Å². The van der Waals surface area contributed by atoms with Crippen LogP contribution >= 0.6 is 0 Å². The monoisotopic (exact) mass is 552 g/mol. The van der Waals surface area contributed by atoms with Crippen molar-refractivity contribution in [3.05, 3.63) is 0 Å². The van der Waals surface area contributed by atoms with Gasteiger partial charge in [0, 0.05) is 12.8 Å². The maximum absolute atomic E-state index is 12.1. The highest BCUT2D eigenvalue weighted by molar-refractivity contribution is 5.84.